The molecule has 0 bridgehead atoms. The highest BCUT2D eigenvalue weighted by molar-refractivity contribution is 5.47. The van der Waals surface area contributed by atoms with Gasteiger partial charge in [-0.1, -0.05) is 6.92 Å². The first-order chi connectivity index (χ1) is 8.13. The summed E-state index contributed by atoms with van der Waals surface area (Å²) in [5.74, 6) is 1.65. The summed E-state index contributed by atoms with van der Waals surface area (Å²) in [7, 11) is 3.32. The van der Waals surface area contributed by atoms with E-state index in [0.717, 1.165) is 35.7 Å². The van der Waals surface area contributed by atoms with Gasteiger partial charge >= 0.3 is 0 Å². The van der Waals surface area contributed by atoms with Crippen molar-refractivity contribution >= 4 is 0 Å². The number of likely N-dealkylation sites (N-methyl/N-ethyl adjacent to an activating group) is 1. The molecule has 1 aromatic rings. The van der Waals surface area contributed by atoms with E-state index in [1.165, 1.54) is 0 Å². The first-order valence-electron chi connectivity index (χ1n) is 5.82. The van der Waals surface area contributed by atoms with Crippen LogP contribution >= 0.6 is 0 Å². The van der Waals surface area contributed by atoms with Crippen molar-refractivity contribution < 1.29 is 9.47 Å². The Hall–Kier alpha value is -1.26. The van der Waals surface area contributed by atoms with Gasteiger partial charge < -0.3 is 20.5 Å². The van der Waals surface area contributed by atoms with Crippen molar-refractivity contribution in [3.63, 3.8) is 0 Å². The SMILES string of the molecule is CCNCC(N)c1cc(OC)c(C)cc1OC. The molecule has 0 fully saturated rings. The van der Waals surface area contributed by atoms with E-state index >= 15 is 0 Å². The number of hydrogen-bond acceptors (Lipinski definition) is 4. The molecule has 4 heteroatoms. The molecule has 0 saturated carbocycles. The molecule has 0 amide bonds. The predicted molar refractivity (Wildman–Crippen MR) is 69.8 cm³/mol. The van der Waals surface area contributed by atoms with Gasteiger partial charge in [-0.05, 0) is 31.2 Å². The van der Waals surface area contributed by atoms with Crippen molar-refractivity contribution in [2.75, 3.05) is 27.3 Å². The Bertz CT molecular complexity index is 367. The summed E-state index contributed by atoms with van der Waals surface area (Å²) in [5.41, 5.74) is 8.15. The molecule has 0 aliphatic carbocycles. The maximum absolute atomic E-state index is 6.13. The maximum atomic E-state index is 6.13. The number of aryl methyl sites for hydroxylation is 1. The van der Waals surface area contributed by atoms with Crippen molar-refractivity contribution in [1.29, 1.82) is 0 Å². The van der Waals surface area contributed by atoms with Crippen LogP contribution < -0.4 is 20.5 Å². The van der Waals surface area contributed by atoms with Gasteiger partial charge in [-0.25, -0.2) is 0 Å². The Balaban J connectivity index is 3.02. The summed E-state index contributed by atoms with van der Waals surface area (Å²) in [4.78, 5) is 0. The zero-order valence-electron chi connectivity index (χ0n) is 11.0. The molecule has 4 nitrogen and oxygen atoms in total. The van der Waals surface area contributed by atoms with Gasteiger partial charge in [0.1, 0.15) is 11.5 Å². The second kappa shape index (κ2) is 6.47. The zero-order valence-corrected chi connectivity index (χ0v) is 11.0. The first kappa shape index (κ1) is 13.8. The van der Waals surface area contributed by atoms with Crippen molar-refractivity contribution in [1.82, 2.24) is 5.32 Å². The molecule has 1 aromatic carbocycles. The van der Waals surface area contributed by atoms with Crippen LogP contribution in [0, 0.1) is 6.92 Å². The largest absolute Gasteiger partial charge is 0.496 e. The molecule has 0 spiro atoms. The molecule has 96 valence electrons. The minimum atomic E-state index is -0.0978. The number of benzene rings is 1. The van der Waals surface area contributed by atoms with Crippen LogP contribution in [0.4, 0.5) is 0 Å². The molecule has 1 atom stereocenters. The van der Waals surface area contributed by atoms with Gasteiger partial charge in [0.15, 0.2) is 0 Å². The van der Waals surface area contributed by atoms with Crippen molar-refractivity contribution in [3.8, 4) is 11.5 Å². The monoisotopic (exact) mass is 238 g/mol. The van der Waals surface area contributed by atoms with E-state index in [0.29, 0.717) is 0 Å². The normalized spacial score (nSPS) is 12.3. The molecule has 0 heterocycles. The zero-order chi connectivity index (χ0) is 12.8. The van der Waals surface area contributed by atoms with E-state index in [4.69, 9.17) is 15.2 Å². The summed E-state index contributed by atoms with van der Waals surface area (Å²) in [6.45, 7) is 5.67. The smallest absolute Gasteiger partial charge is 0.124 e. The van der Waals surface area contributed by atoms with Gasteiger partial charge in [0.2, 0.25) is 0 Å². The summed E-state index contributed by atoms with van der Waals surface area (Å²) in [6, 6.07) is 3.82. The third-order valence-electron chi connectivity index (χ3n) is 2.76. The fourth-order valence-electron chi connectivity index (χ4n) is 1.77. The van der Waals surface area contributed by atoms with Crippen LogP contribution in [-0.2, 0) is 0 Å². The second-order valence-electron chi connectivity index (χ2n) is 3.98. The van der Waals surface area contributed by atoms with Crippen LogP contribution in [0.15, 0.2) is 12.1 Å². The van der Waals surface area contributed by atoms with Crippen molar-refractivity contribution in [2.24, 2.45) is 5.73 Å². The highest BCUT2D eigenvalue weighted by atomic mass is 16.5. The van der Waals surface area contributed by atoms with Gasteiger partial charge in [-0.2, -0.15) is 0 Å². The van der Waals surface area contributed by atoms with Crippen LogP contribution in [0.25, 0.3) is 0 Å². The topological polar surface area (TPSA) is 56.5 Å². The first-order valence-corrected chi connectivity index (χ1v) is 5.82. The van der Waals surface area contributed by atoms with Gasteiger partial charge in [0, 0.05) is 18.2 Å². The Labute approximate surface area is 103 Å². The minimum absolute atomic E-state index is 0.0978. The number of ether oxygens (including phenoxy) is 2. The lowest BCUT2D eigenvalue weighted by atomic mass is 10.0. The fraction of sp³-hybridized carbons (Fsp3) is 0.538. The van der Waals surface area contributed by atoms with E-state index in [1.54, 1.807) is 14.2 Å². The van der Waals surface area contributed by atoms with E-state index in [-0.39, 0.29) is 6.04 Å². The van der Waals surface area contributed by atoms with Gasteiger partial charge in [0.25, 0.3) is 0 Å². The highest BCUT2D eigenvalue weighted by Gasteiger charge is 2.14. The Morgan fingerprint density at radius 3 is 2.41 bits per heavy atom. The Morgan fingerprint density at radius 2 is 1.88 bits per heavy atom. The van der Waals surface area contributed by atoms with Gasteiger partial charge in [-0.15, -0.1) is 0 Å². The van der Waals surface area contributed by atoms with E-state index in [2.05, 4.69) is 12.2 Å². The lowest BCUT2D eigenvalue weighted by Crippen LogP contribution is -2.27. The quantitative estimate of drug-likeness (QED) is 0.790. The van der Waals surface area contributed by atoms with Crippen LogP contribution in [-0.4, -0.2) is 27.3 Å². The van der Waals surface area contributed by atoms with E-state index in [9.17, 15) is 0 Å². The number of rotatable bonds is 6. The van der Waals surface area contributed by atoms with Gasteiger partial charge in [-0.3, -0.25) is 0 Å². The van der Waals surface area contributed by atoms with Crippen molar-refractivity contribution in [3.05, 3.63) is 23.3 Å². The predicted octanol–water partition coefficient (Wildman–Crippen LogP) is 1.62. The van der Waals surface area contributed by atoms with Crippen LogP contribution in [0.3, 0.4) is 0 Å². The van der Waals surface area contributed by atoms with Crippen LogP contribution in [0.2, 0.25) is 0 Å². The molecule has 0 aromatic heterocycles. The maximum Gasteiger partial charge on any atom is 0.124 e. The molecule has 0 saturated heterocycles. The summed E-state index contributed by atoms with van der Waals surface area (Å²) < 4.78 is 10.7. The van der Waals surface area contributed by atoms with Crippen LogP contribution in [0.1, 0.15) is 24.1 Å². The summed E-state index contributed by atoms with van der Waals surface area (Å²) in [5, 5.41) is 3.23. The molecular weight excluding hydrogens is 216 g/mol. The molecule has 1 unspecified atom stereocenters. The highest BCUT2D eigenvalue weighted by Crippen LogP contribution is 2.31. The number of nitrogens with one attached hydrogen (secondary N) is 1. The second-order valence-corrected chi connectivity index (χ2v) is 3.98. The van der Waals surface area contributed by atoms with Gasteiger partial charge in [0.05, 0.1) is 14.2 Å². The third-order valence-corrected chi connectivity index (χ3v) is 2.76. The molecule has 0 radical (unpaired) electrons. The molecule has 3 N–H and O–H groups in total. The lowest BCUT2D eigenvalue weighted by Gasteiger charge is -2.18. The fourth-order valence-corrected chi connectivity index (χ4v) is 1.77. The molecule has 0 aliphatic heterocycles. The Kier molecular flexibility index (Phi) is 5.25. The molecule has 1 rings (SSSR count). The van der Waals surface area contributed by atoms with Crippen molar-refractivity contribution in [2.45, 2.75) is 19.9 Å². The number of hydrogen-bond donors (Lipinski definition) is 2. The molecular formula is C13H22N2O2. The number of nitrogens with two attached hydrogens (primary N) is 1. The number of methoxy groups -OCH3 is 2. The Morgan fingerprint density at radius 1 is 1.24 bits per heavy atom. The molecule has 0 aliphatic rings. The lowest BCUT2D eigenvalue weighted by molar-refractivity contribution is 0.392. The average Bonchev–Trinajstić information content (AvgIpc) is 2.35. The standard InChI is InChI=1S/C13H22N2O2/c1-5-15-8-11(14)10-7-12(16-3)9(2)6-13(10)17-4/h6-7,11,15H,5,8,14H2,1-4H3. The summed E-state index contributed by atoms with van der Waals surface area (Å²) in [6.07, 6.45) is 0. The van der Waals surface area contributed by atoms with Crippen LogP contribution in [0.5, 0.6) is 11.5 Å². The van der Waals surface area contributed by atoms with E-state index < -0.39 is 0 Å². The average molecular weight is 238 g/mol. The van der Waals surface area contributed by atoms with E-state index in [1.807, 2.05) is 19.1 Å². The third kappa shape index (κ3) is 3.35. The minimum Gasteiger partial charge on any atom is -0.496 e. The summed E-state index contributed by atoms with van der Waals surface area (Å²) >= 11 is 0. The molecule has 17 heavy (non-hydrogen) atoms.